The summed E-state index contributed by atoms with van der Waals surface area (Å²) in [5.74, 6) is -0.359. The highest BCUT2D eigenvalue weighted by Gasteiger charge is 2.09. The molecule has 0 saturated carbocycles. The van der Waals surface area contributed by atoms with E-state index in [1.165, 1.54) is 30.3 Å². The summed E-state index contributed by atoms with van der Waals surface area (Å²) < 4.78 is 27.0. The number of carbonyl (C=O) groups is 2. The van der Waals surface area contributed by atoms with Crippen LogP contribution in [0.1, 0.15) is 15.9 Å². The van der Waals surface area contributed by atoms with E-state index in [-0.39, 0.29) is 11.9 Å². The number of amides is 3. The average molecular weight is 477 g/mol. The molecule has 0 aromatic heterocycles. The summed E-state index contributed by atoms with van der Waals surface area (Å²) in [4.78, 5) is 24.1. The monoisotopic (exact) mass is 476 g/mol. The maximum absolute atomic E-state index is 12.5. The third-order valence-electron chi connectivity index (χ3n) is 4.45. The van der Waals surface area contributed by atoms with Crippen molar-refractivity contribution in [1.82, 2.24) is 5.32 Å². The summed E-state index contributed by atoms with van der Waals surface area (Å²) in [7, 11) is -3.70. The molecule has 3 aromatic carbocycles. The van der Waals surface area contributed by atoms with Gasteiger partial charge in [-0.2, -0.15) is 0 Å². The van der Waals surface area contributed by atoms with Crippen molar-refractivity contribution in [3.8, 4) is 0 Å². The minimum atomic E-state index is -3.70. The molecule has 0 heterocycles. The minimum absolute atomic E-state index is 0.333. The molecule has 3 aromatic rings. The number of hydrogen-bond donors (Lipinski definition) is 4. The average Bonchev–Trinajstić information content (AvgIpc) is 2.83. The Morgan fingerprint density at radius 1 is 0.794 bits per heavy atom. The van der Waals surface area contributed by atoms with Gasteiger partial charge in [-0.15, -0.1) is 6.58 Å². The Labute approximate surface area is 198 Å². The lowest BCUT2D eigenvalue weighted by atomic mass is 10.2. The Kier molecular flexibility index (Phi) is 8.20. The highest BCUT2D eigenvalue weighted by Crippen LogP contribution is 2.17. The largest absolute Gasteiger partial charge is 0.334 e. The van der Waals surface area contributed by atoms with Crippen LogP contribution in [0, 0.1) is 0 Å². The smallest absolute Gasteiger partial charge is 0.319 e. The molecule has 174 valence electrons. The van der Waals surface area contributed by atoms with Gasteiger partial charge in [0.15, 0.2) is 0 Å². The lowest BCUT2D eigenvalue weighted by Crippen LogP contribution is -2.28. The van der Waals surface area contributed by atoms with Crippen molar-refractivity contribution in [2.75, 3.05) is 21.9 Å². The Morgan fingerprint density at radius 3 is 2.00 bits per heavy atom. The molecular weight excluding hydrogens is 452 g/mol. The first-order valence-electron chi connectivity index (χ1n) is 10.3. The van der Waals surface area contributed by atoms with Crippen molar-refractivity contribution >= 4 is 45.1 Å². The predicted octanol–water partition coefficient (Wildman–Crippen LogP) is 4.66. The Hall–Kier alpha value is -4.37. The first-order valence-corrected chi connectivity index (χ1v) is 11.8. The number of carbonyl (C=O) groups excluding carboxylic acids is 2. The van der Waals surface area contributed by atoms with E-state index >= 15 is 0 Å². The van der Waals surface area contributed by atoms with Crippen molar-refractivity contribution in [3.05, 3.63) is 108 Å². The number of anilines is 3. The number of hydrogen-bond acceptors (Lipinski definition) is 4. The van der Waals surface area contributed by atoms with Crippen LogP contribution in [0.15, 0.2) is 96.9 Å². The van der Waals surface area contributed by atoms with E-state index in [4.69, 9.17) is 0 Å². The topological polar surface area (TPSA) is 116 Å². The van der Waals surface area contributed by atoms with Gasteiger partial charge in [-0.25, -0.2) is 13.2 Å². The molecule has 3 amide bonds. The standard InChI is InChI=1S/C25H24N4O4S/c1-2-17-26-25(31)28-22-14-12-21(13-15-22)27-24(30)20-8-10-23(11-9-20)29-34(32,33)18-16-19-6-4-3-5-7-19/h2-16,18,29H,1,17H2,(H,27,30)(H2,26,28,31)/b18-16+. The van der Waals surface area contributed by atoms with E-state index in [1.807, 2.05) is 18.2 Å². The molecule has 0 radical (unpaired) electrons. The van der Waals surface area contributed by atoms with Crippen LogP contribution in [-0.2, 0) is 10.0 Å². The van der Waals surface area contributed by atoms with Gasteiger partial charge in [0.1, 0.15) is 0 Å². The second-order valence-electron chi connectivity index (χ2n) is 7.09. The number of rotatable bonds is 9. The van der Waals surface area contributed by atoms with Gasteiger partial charge in [0.05, 0.1) is 5.41 Å². The predicted molar refractivity (Wildman–Crippen MR) is 136 cm³/mol. The normalized spacial score (nSPS) is 10.9. The molecule has 0 aliphatic heterocycles. The van der Waals surface area contributed by atoms with Crippen LogP contribution < -0.4 is 20.7 Å². The summed E-state index contributed by atoms with van der Waals surface area (Å²) in [6.45, 7) is 3.88. The zero-order chi connectivity index (χ0) is 24.4. The van der Waals surface area contributed by atoms with Crippen molar-refractivity contribution in [2.45, 2.75) is 0 Å². The van der Waals surface area contributed by atoms with Gasteiger partial charge in [0, 0.05) is 29.2 Å². The van der Waals surface area contributed by atoms with Gasteiger partial charge in [-0.1, -0.05) is 36.4 Å². The highest BCUT2D eigenvalue weighted by atomic mass is 32.2. The first-order chi connectivity index (χ1) is 16.3. The summed E-state index contributed by atoms with van der Waals surface area (Å²) in [6, 6.07) is 21.4. The third kappa shape index (κ3) is 7.64. The minimum Gasteiger partial charge on any atom is -0.334 e. The zero-order valence-corrected chi connectivity index (χ0v) is 19.0. The maximum Gasteiger partial charge on any atom is 0.319 e. The van der Waals surface area contributed by atoms with Crippen molar-refractivity contribution in [2.24, 2.45) is 0 Å². The fourth-order valence-corrected chi connectivity index (χ4v) is 3.67. The number of nitrogens with one attached hydrogen (secondary N) is 4. The fraction of sp³-hybridized carbons (Fsp3) is 0.0400. The van der Waals surface area contributed by atoms with Gasteiger partial charge in [-0.3, -0.25) is 9.52 Å². The van der Waals surface area contributed by atoms with Gasteiger partial charge in [0.25, 0.3) is 15.9 Å². The van der Waals surface area contributed by atoms with E-state index in [9.17, 15) is 18.0 Å². The highest BCUT2D eigenvalue weighted by molar-refractivity contribution is 7.95. The second-order valence-corrected chi connectivity index (χ2v) is 8.66. The molecule has 0 unspecified atom stereocenters. The molecule has 34 heavy (non-hydrogen) atoms. The second kappa shape index (κ2) is 11.5. The molecular formula is C25H24N4O4S. The van der Waals surface area contributed by atoms with E-state index < -0.39 is 10.0 Å². The molecule has 0 atom stereocenters. The van der Waals surface area contributed by atoms with E-state index in [0.717, 1.165) is 11.0 Å². The number of benzene rings is 3. The van der Waals surface area contributed by atoms with Gasteiger partial charge >= 0.3 is 6.03 Å². The molecule has 0 aliphatic carbocycles. The van der Waals surface area contributed by atoms with Gasteiger partial charge in [0.2, 0.25) is 0 Å². The lowest BCUT2D eigenvalue weighted by Gasteiger charge is -2.09. The summed E-state index contributed by atoms with van der Waals surface area (Å²) >= 11 is 0. The van der Waals surface area contributed by atoms with Gasteiger partial charge < -0.3 is 16.0 Å². The molecule has 0 saturated heterocycles. The summed E-state index contributed by atoms with van der Waals surface area (Å²) in [5, 5.41) is 9.10. The summed E-state index contributed by atoms with van der Waals surface area (Å²) in [5.41, 5.74) is 2.56. The molecule has 4 N–H and O–H groups in total. The molecule has 0 bridgehead atoms. The maximum atomic E-state index is 12.5. The van der Waals surface area contributed by atoms with Crippen LogP contribution in [0.25, 0.3) is 6.08 Å². The zero-order valence-electron chi connectivity index (χ0n) is 18.2. The third-order valence-corrected chi connectivity index (χ3v) is 5.47. The van der Waals surface area contributed by atoms with Crippen LogP contribution in [0.4, 0.5) is 21.9 Å². The number of sulfonamides is 1. The lowest BCUT2D eigenvalue weighted by molar-refractivity contribution is 0.102. The van der Waals surface area contributed by atoms with Gasteiger partial charge in [-0.05, 0) is 60.2 Å². The fourth-order valence-electron chi connectivity index (χ4n) is 2.80. The molecule has 3 rings (SSSR count). The Bertz CT molecular complexity index is 1270. The van der Waals surface area contributed by atoms with Crippen LogP contribution >= 0.6 is 0 Å². The quantitative estimate of drug-likeness (QED) is 0.336. The Morgan fingerprint density at radius 2 is 1.38 bits per heavy atom. The van der Waals surface area contributed by atoms with Crippen molar-refractivity contribution in [3.63, 3.8) is 0 Å². The SMILES string of the molecule is C=CCNC(=O)Nc1ccc(NC(=O)c2ccc(NS(=O)(=O)/C=C/c3ccccc3)cc2)cc1. The molecule has 0 aliphatic rings. The van der Waals surface area contributed by atoms with Crippen LogP contribution in [0.3, 0.4) is 0 Å². The molecule has 9 heteroatoms. The van der Waals surface area contributed by atoms with E-state index in [2.05, 4.69) is 27.3 Å². The first kappa shape index (κ1) is 24.3. The van der Waals surface area contributed by atoms with E-state index in [0.29, 0.717) is 29.2 Å². The van der Waals surface area contributed by atoms with Crippen molar-refractivity contribution in [1.29, 1.82) is 0 Å². The van der Waals surface area contributed by atoms with Crippen LogP contribution in [0.2, 0.25) is 0 Å². The molecule has 8 nitrogen and oxygen atoms in total. The summed E-state index contributed by atoms with van der Waals surface area (Å²) in [6.07, 6.45) is 3.07. The van der Waals surface area contributed by atoms with Crippen molar-refractivity contribution < 1.29 is 18.0 Å². The number of urea groups is 1. The Balaban J connectivity index is 1.56. The van der Waals surface area contributed by atoms with E-state index in [1.54, 1.807) is 42.5 Å². The molecule has 0 spiro atoms. The molecule has 0 fully saturated rings. The van der Waals surface area contributed by atoms with Crippen LogP contribution in [0.5, 0.6) is 0 Å². The van der Waals surface area contributed by atoms with Crippen LogP contribution in [-0.4, -0.2) is 26.9 Å².